The number of carbonyl (C=O) groups is 2. The zero-order valence-electron chi connectivity index (χ0n) is 21.9. The molecule has 1 saturated heterocycles. The fraction of sp³-hybridized carbons (Fsp3) is 0.300. The molecule has 7 rings (SSSR count). The average Bonchev–Trinajstić information content (AvgIpc) is 3.48. The predicted molar refractivity (Wildman–Crippen MR) is 145 cm³/mol. The first-order valence-corrected chi connectivity index (χ1v) is 13.3. The Morgan fingerprint density at radius 3 is 2.49 bits per heavy atom. The van der Waals surface area contributed by atoms with E-state index in [9.17, 15) is 18.0 Å². The maximum Gasteiger partial charge on any atom is 0.490 e. The number of H-pyrrole nitrogens is 1. The third-order valence-electron chi connectivity index (χ3n) is 7.99. The first kappa shape index (κ1) is 27.0. The molecule has 1 spiro atoms. The quantitative estimate of drug-likeness (QED) is 0.320. The van der Waals surface area contributed by atoms with Crippen LogP contribution in [0.5, 0.6) is 0 Å². The number of nitrogens with one attached hydrogen (secondary N) is 2. The topological polar surface area (TPSA) is 108 Å². The molecule has 2 fully saturated rings. The van der Waals surface area contributed by atoms with Gasteiger partial charge in [-0.3, -0.25) is 14.8 Å². The van der Waals surface area contributed by atoms with Gasteiger partial charge in [-0.1, -0.05) is 54.6 Å². The highest BCUT2D eigenvalue weighted by Crippen LogP contribution is 2.65. The minimum Gasteiger partial charge on any atom is -0.475 e. The SMILES string of the molecule is O=C(O)C(F)(F)F.O=C1Nc2ccccc2[C@]12C[C@H]2c1ccc2c(-c3ccc(CN4CCOCC4)cc3)n[nH]c2c1. The average molecular weight is 565 g/mol. The number of halogens is 3. The number of nitrogens with zero attached hydrogens (tertiary/aromatic N) is 2. The van der Waals surface area contributed by atoms with E-state index in [1.54, 1.807) is 0 Å². The summed E-state index contributed by atoms with van der Waals surface area (Å²) in [7, 11) is 0. The molecular weight excluding hydrogens is 537 g/mol. The number of para-hydroxylation sites is 1. The number of morpholine rings is 1. The maximum atomic E-state index is 12.9. The van der Waals surface area contributed by atoms with Gasteiger partial charge in [-0.2, -0.15) is 18.3 Å². The lowest BCUT2D eigenvalue weighted by molar-refractivity contribution is -0.192. The number of aromatic amines is 1. The predicted octanol–water partition coefficient (Wildman–Crippen LogP) is 5.07. The molecule has 4 aromatic rings. The van der Waals surface area contributed by atoms with Gasteiger partial charge in [0.05, 0.1) is 29.8 Å². The van der Waals surface area contributed by atoms with E-state index in [1.807, 2.05) is 18.2 Å². The number of ether oxygens (including phenoxy) is 1. The Bertz CT molecular complexity index is 1610. The minimum absolute atomic E-state index is 0.126. The van der Waals surface area contributed by atoms with Gasteiger partial charge < -0.3 is 15.2 Å². The zero-order chi connectivity index (χ0) is 28.8. The summed E-state index contributed by atoms with van der Waals surface area (Å²) in [5, 5.41) is 19.2. The Labute approximate surface area is 233 Å². The van der Waals surface area contributed by atoms with E-state index in [2.05, 4.69) is 68.9 Å². The first-order chi connectivity index (χ1) is 19.7. The van der Waals surface area contributed by atoms with Crippen LogP contribution in [0.1, 0.15) is 29.0 Å². The van der Waals surface area contributed by atoms with Gasteiger partial charge in [0.2, 0.25) is 5.91 Å². The van der Waals surface area contributed by atoms with Crippen molar-refractivity contribution in [3.05, 3.63) is 83.4 Å². The number of carboxylic acid groups (broad SMARTS) is 1. The van der Waals surface area contributed by atoms with Gasteiger partial charge in [-0.05, 0) is 35.2 Å². The minimum atomic E-state index is -5.08. The van der Waals surface area contributed by atoms with Gasteiger partial charge in [0.15, 0.2) is 0 Å². The second-order valence-corrected chi connectivity index (χ2v) is 10.5. The number of amides is 1. The molecule has 1 aliphatic carbocycles. The van der Waals surface area contributed by atoms with E-state index in [1.165, 1.54) is 11.1 Å². The summed E-state index contributed by atoms with van der Waals surface area (Å²) in [5.41, 5.74) is 7.26. The Kier molecular flexibility index (Phi) is 6.79. The molecular formula is C30H27F3N4O4. The molecule has 3 aliphatic rings. The summed E-state index contributed by atoms with van der Waals surface area (Å²) in [5.74, 6) is -2.43. The normalized spacial score (nSPS) is 21.7. The molecule has 1 saturated carbocycles. The van der Waals surface area contributed by atoms with Gasteiger partial charge in [-0.15, -0.1) is 0 Å². The molecule has 1 aromatic heterocycles. The standard InChI is InChI=1S/C28H26N4O2.C2HF3O2/c33-27-28(22-3-1-2-4-24(22)29-27)16-23(28)20-9-10-21-25(15-20)30-31-26(21)19-7-5-18(6-8-19)17-32-11-13-34-14-12-32;3-2(4,5)1(6)7/h1-10,15,23H,11-14,16-17H2,(H,29,33)(H,30,31);(H,6,7)/t23-,28-;/m0./s1. The van der Waals surface area contributed by atoms with Crippen molar-refractivity contribution in [1.82, 2.24) is 15.1 Å². The summed E-state index contributed by atoms with van der Waals surface area (Å²) in [6.45, 7) is 4.57. The summed E-state index contributed by atoms with van der Waals surface area (Å²) in [4.78, 5) is 24.2. The fourth-order valence-electron chi connectivity index (χ4n) is 5.81. The van der Waals surface area contributed by atoms with Crippen LogP contribution in [0, 0.1) is 0 Å². The van der Waals surface area contributed by atoms with Crippen molar-refractivity contribution >= 4 is 28.5 Å². The van der Waals surface area contributed by atoms with Gasteiger partial charge in [0, 0.05) is 42.2 Å². The monoisotopic (exact) mass is 564 g/mol. The van der Waals surface area contributed by atoms with Crippen LogP contribution >= 0.6 is 0 Å². The molecule has 8 nitrogen and oxygen atoms in total. The molecule has 11 heteroatoms. The Morgan fingerprint density at radius 2 is 1.78 bits per heavy atom. The van der Waals surface area contributed by atoms with Crippen molar-refractivity contribution in [3.63, 3.8) is 0 Å². The summed E-state index contributed by atoms with van der Waals surface area (Å²) < 4.78 is 37.2. The Balaban J connectivity index is 0.000000387. The van der Waals surface area contributed by atoms with E-state index < -0.39 is 17.6 Å². The molecule has 3 aromatic carbocycles. The first-order valence-electron chi connectivity index (χ1n) is 13.3. The molecule has 3 heterocycles. The van der Waals surface area contributed by atoms with Crippen molar-refractivity contribution in [3.8, 4) is 11.3 Å². The molecule has 2 aliphatic heterocycles. The van der Waals surface area contributed by atoms with Gasteiger partial charge in [-0.25, -0.2) is 4.79 Å². The number of aromatic nitrogens is 2. The van der Waals surface area contributed by atoms with E-state index in [4.69, 9.17) is 14.6 Å². The van der Waals surface area contributed by atoms with Gasteiger partial charge in [0.25, 0.3) is 0 Å². The van der Waals surface area contributed by atoms with Crippen LogP contribution in [0.4, 0.5) is 18.9 Å². The van der Waals surface area contributed by atoms with Crippen molar-refractivity contribution in [1.29, 1.82) is 0 Å². The summed E-state index contributed by atoms with van der Waals surface area (Å²) in [6, 6.07) is 23.3. The lowest BCUT2D eigenvalue weighted by Crippen LogP contribution is -2.35. The molecule has 3 N–H and O–H groups in total. The number of carbonyl (C=O) groups excluding carboxylic acids is 1. The zero-order valence-corrected chi connectivity index (χ0v) is 21.9. The third-order valence-corrected chi connectivity index (χ3v) is 7.99. The van der Waals surface area contributed by atoms with E-state index in [-0.39, 0.29) is 11.8 Å². The van der Waals surface area contributed by atoms with Crippen LogP contribution < -0.4 is 5.32 Å². The maximum absolute atomic E-state index is 12.9. The molecule has 212 valence electrons. The highest BCUT2D eigenvalue weighted by atomic mass is 19.4. The summed E-state index contributed by atoms with van der Waals surface area (Å²) in [6.07, 6.45) is -4.23. The lowest BCUT2D eigenvalue weighted by Gasteiger charge is -2.26. The highest BCUT2D eigenvalue weighted by Gasteiger charge is 2.65. The van der Waals surface area contributed by atoms with Crippen molar-refractivity contribution in [2.75, 3.05) is 31.6 Å². The molecule has 0 unspecified atom stereocenters. The van der Waals surface area contributed by atoms with Crippen molar-refractivity contribution in [2.45, 2.75) is 30.5 Å². The number of hydrogen-bond acceptors (Lipinski definition) is 5. The number of alkyl halides is 3. The third kappa shape index (κ3) is 5.07. The molecule has 0 radical (unpaired) electrons. The van der Waals surface area contributed by atoms with Crippen LogP contribution in [-0.4, -0.2) is 64.6 Å². The second-order valence-electron chi connectivity index (χ2n) is 10.5. The second kappa shape index (κ2) is 10.3. The number of benzene rings is 3. The molecule has 1 amide bonds. The molecule has 2 atom stereocenters. The number of hydrogen-bond donors (Lipinski definition) is 3. The van der Waals surface area contributed by atoms with Gasteiger partial charge >= 0.3 is 12.1 Å². The number of carboxylic acids is 1. The highest BCUT2D eigenvalue weighted by molar-refractivity contribution is 6.10. The molecule has 0 bridgehead atoms. The van der Waals surface area contributed by atoms with Crippen LogP contribution in [-0.2, 0) is 26.3 Å². The van der Waals surface area contributed by atoms with Crippen LogP contribution in [0.3, 0.4) is 0 Å². The number of anilines is 1. The largest absolute Gasteiger partial charge is 0.490 e. The van der Waals surface area contributed by atoms with Crippen molar-refractivity contribution < 1.29 is 32.6 Å². The number of fused-ring (bicyclic) bond motifs is 3. The fourth-order valence-corrected chi connectivity index (χ4v) is 5.81. The van der Waals surface area contributed by atoms with Crippen LogP contribution in [0.2, 0.25) is 0 Å². The smallest absolute Gasteiger partial charge is 0.475 e. The number of rotatable bonds is 4. The van der Waals surface area contributed by atoms with E-state index in [0.29, 0.717) is 0 Å². The summed E-state index contributed by atoms with van der Waals surface area (Å²) >= 11 is 0. The Morgan fingerprint density at radius 1 is 1.07 bits per heavy atom. The Hall–Kier alpha value is -4.22. The number of aliphatic carboxylic acids is 1. The van der Waals surface area contributed by atoms with E-state index >= 15 is 0 Å². The van der Waals surface area contributed by atoms with Crippen LogP contribution in [0.25, 0.3) is 22.2 Å². The van der Waals surface area contributed by atoms with Crippen LogP contribution in [0.15, 0.2) is 66.7 Å². The molecule has 41 heavy (non-hydrogen) atoms. The van der Waals surface area contributed by atoms with E-state index in [0.717, 1.165) is 72.7 Å². The lowest BCUT2D eigenvalue weighted by atomic mass is 9.91. The van der Waals surface area contributed by atoms with Gasteiger partial charge in [0.1, 0.15) is 0 Å². The van der Waals surface area contributed by atoms with Crippen molar-refractivity contribution in [2.24, 2.45) is 0 Å².